The van der Waals surface area contributed by atoms with E-state index in [-0.39, 0.29) is 10.8 Å². The monoisotopic (exact) mass is 449 g/mol. The highest BCUT2D eigenvalue weighted by Gasteiger charge is 2.23. The Kier molecular flexibility index (Phi) is 4.78. The van der Waals surface area contributed by atoms with Gasteiger partial charge >= 0.3 is 0 Å². The molecule has 0 radical (unpaired) electrons. The Bertz CT molecular complexity index is 1440. The zero-order valence-corrected chi connectivity index (χ0v) is 18.1. The Hall–Kier alpha value is -3.58. The van der Waals surface area contributed by atoms with Gasteiger partial charge in [-0.25, -0.2) is 13.2 Å². The van der Waals surface area contributed by atoms with E-state index in [0.29, 0.717) is 11.6 Å². The van der Waals surface area contributed by atoms with E-state index in [4.69, 9.17) is 11.6 Å². The summed E-state index contributed by atoms with van der Waals surface area (Å²) in [5, 5.41) is 9.17. The Morgan fingerprint density at radius 2 is 1.66 bits per heavy atom. The third kappa shape index (κ3) is 3.44. The van der Waals surface area contributed by atoms with Crippen molar-refractivity contribution in [3.05, 3.63) is 83.6 Å². The summed E-state index contributed by atoms with van der Waals surface area (Å²) in [6.07, 6.45) is 0. The van der Waals surface area contributed by atoms with Gasteiger partial charge in [-0.15, -0.1) is 10.2 Å². The zero-order valence-electron chi connectivity index (χ0n) is 17.3. The lowest BCUT2D eigenvalue weighted by Crippen LogP contribution is -2.13. The minimum absolute atomic E-state index is 0.00883. The van der Waals surface area contributed by atoms with Gasteiger partial charge in [0.1, 0.15) is 5.82 Å². The third-order valence-electron chi connectivity index (χ3n) is 5.47. The number of hydrogen-bond acceptors (Lipinski definition) is 4. The van der Waals surface area contributed by atoms with Crippen LogP contribution in [0.3, 0.4) is 0 Å². The van der Waals surface area contributed by atoms with Gasteiger partial charge in [0.05, 0.1) is 5.52 Å². The average molecular weight is 450 g/mol. The van der Waals surface area contributed by atoms with Crippen molar-refractivity contribution in [1.29, 1.82) is 0 Å². The Balaban J connectivity index is 1.58. The molecule has 2 heterocycles. The molecule has 160 valence electrons. The Morgan fingerprint density at radius 1 is 0.906 bits per heavy atom. The highest BCUT2D eigenvalue weighted by molar-refractivity contribution is 6.29. The van der Waals surface area contributed by atoms with E-state index in [0.717, 1.165) is 34.6 Å². The van der Waals surface area contributed by atoms with E-state index < -0.39 is 5.92 Å². The standard InChI is InChI=1S/C24H18ClF2N5/c1-24(26,27)17-12-10-15(11-13-17)16-6-5-7-18(14-16)31(2)21-19-8-3-4-9-20(19)32-22(25)29-30-23(32)28-21/h3-14H,1-2H3. The summed E-state index contributed by atoms with van der Waals surface area (Å²) >= 11 is 6.22. The van der Waals surface area contributed by atoms with Crippen LogP contribution in [-0.4, -0.2) is 26.6 Å². The fourth-order valence-corrected chi connectivity index (χ4v) is 3.98. The second-order valence-electron chi connectivity index (χ2n) is 7.63. The van der Waals surface area contributed by atoms with E-state index in [1.54, 1.807) is 16.5 Å². The molecular weight excluding hydrogens is 432 g/mol. The first-order valence-electron chi connectivity index (χ1n) is 9.95. The molecule has 0 aliphatic rings. The molecule has 3 aromatic carbocycles. The van der Waals surface area contributed by atoms with E-state index in [1.165, 1.54) is 12.1 Å². The summed E-state index contributed by atoms with van der Waals surface area (Å²) in [6.45, 7) is 0.897. The molecule has 0 atom stereocenters. The van der Waals surface area contributed by atoms with E-state index in [2.05, 4.69) is 15.2 Å². The largest absolute Gasteiger partial charge is 0.329 e. The zero-order chi connectivity index (χ0) is 22.5. The molecule has 0 saturated carbocycles. The van der Waals surface area contributed by atoms with Crippen molar-refractivity contribution in [3.63, 3.8) is 0 Å². The predicted octanol–water partition coefficient (Wildman–Crippen LogP) is 6.48. The van der Waals surface area contributed by atoms with Gasteiger partial charge in [-0.05, 0) is 47.0 Å². The minimum atomic E-state index is -2.86. The molecule has 0 saturated heterocycles. The van der Waals surface area contributed by atoms with Crippen LogP contribution in [-0.2, 0) is 5.92 Å². The van der Waals surface area contributed by atoms with Crippen LogP contribution < -0.4 is 4.90 Å². The molecule has 32 heavy (non-hydrogen) atoms. The summed E-state index contributed by atoms with van der Waals surface area (Å²) < 4.78 is 28.8. The number of nitrogens with zero attached hydrogens (tertiary/aromatic N) is 5. The summed E-state index contributed by atoms with van der Waals surface area (Å²) in [5.74, 6) is -1.76. The van der Waals surface area contributed by atoms with E-state index in [9.17, 15) is 8.78 Å². The van der Waals surface area contributed by atoms with Gasteiger partial charge in [-0.1, -0.05) is 48.5 Å². The molecule has 0 N–H and O–H groups in total. The number of halogens is 3. The maximum atomic E-state index is 13.6. The molecule has 5 nitrogen and oxygen atoms in total. The van der Waals surface area contributed by atoms with Gasteiger partial charge in [-0.3, -0.25) is 0 Å². The first kappa shape index (κ1) is 20.3. The Labute approximate surface area is 187 Å². The molecule has 0 aliphatic carbocycles. The number of aromatic nitrogens is 4. The fraction of sp³-hybridized carbons (Fsp3) is 0.125. The van der Waals surface area contributed by atoms with Crippen molar-refractivity contribution in [2.24, 2.45) is 0 Å². The lowest BCUT2D eigenvalue weighted by atomic mass is 10.0. The molecule has 2 aromatic heterocycles. The maximum absolute atomic E-state index is 13.6. The number of alkyl halides is 2. The van der Waals surface area contributed by atoms with Gasteiger partial charge in [0, 0.05) is 30.6 Å². The number of rotatable bonds is 4. The highest BCUT2D eigenvalue weighted by atomic mass is 35.5. The third-order valence-corrected chi connectivity index (χ3v) is 5.72. The summed E-state index contributed by atoms with van der Waals surface area (Å²) in [6, 6.07) is 22.0. The minimum Gasteiger partial charge on any atom is -0.329 e. The molecule has 0 fully saturated rings. The van der Waals surface area contributed by atoms with Crippen molar-refractivity contribution in [3.8, 4) is 11.1 Å². The number of para-hydroxylation sites is 1. The van der Waals surface area contributed by atoms with Gasteiger partial charge in [0.15, 0.2) is 0 Å². The van der Waals surface area contributed by atoms with Crippen LogP contribution in [0.4, 0.5) is 20.3 Å². The number of fused-ring (bicyclic) bond motifs is 3. The van der Waals surface area contributed by atoms with Crippen LogP contribution in [0.1, 0.15) is 12.5 Å². The fourth-order valence-electron chi connectivity index (χ4n) is 3.78. The predicted molar refractivity (Wildman–Crippen MR) is 123 cm³/mol. The summed E-state index contributed by atoms with van der Waals surface area (Å²) in [4.78, 5) is 6.65. The highest BCUT2D eigenvalue weighted by Crippen LogP contribution is 2.34. The molecule has 0 bridgehead atoms. The van der Waals surface area contributed by atoms with Gasteiger partial charge < -0.3 is 4.90 Å². The van der Waals surface area contributed by atoms with E-state index >= 15 is 0 Å². The number of hydrogen-bond donors (Lipinski definition) is 0. The molecule has 0 amide bonds. The lowest BCUT2D eigenvalue weighted by molar-refractivity contribution is 0.0175. The van der Waals surface area contributed by atoms with Gasteiger partial charge in [0.2, 0.25) is 5.28 Å². The smallest absolute Gasteiger partial charge is 0.270 e. The van der Waals surface area contributed by atoms with Crippen LogP contribution in [0.25, 0.3) is 27.8 Å². The second-order valence-corrected chi connectivity index (χ2v) is 7.97. The lowest BCUT2D eigenvalue weighted by Gasteiger charge is -2.21. The molecule has 5 rings (SSSR count). The molecule has 0 aliphatic heterocycles. The van der Waals surface area contributed by atoms with E-state index in [1.807, 2.05) is 60.5 Å². The molecule has 5 aromatic rings. The average Bonchev–Trinajstić information content (AvgIpc) is 3.18. The molecule has 8 heteroatoms. The van der Waals surface area contributed by atoms with Crippen LogP contribution in [0.2, 0.25) is 5.28 Å². The topological polar surface area (TPSA) is 46.3 Å². The van der Waals surface area contributed by atoms with Crippen molar-refractivity contribution < 1.29 is 8.78 Å². The molecular formula is C24H18ClF2N5. The molecule has 0 spiro atoms. The first-order valence-corrected chi connectivity index (χ1v) is 10.3. The maximum Gasteiger partial charge on any atom is 0.270 e. The van der Waals surface area contributed by atoms with Crippen LogP contribution >= 0.6 is 11.6 Å². The summed E-state index contributed by atoms with van der Waals surface area (Å²) in [7, 11) is 1.92. The van der Waals surface area contributed by atoms with Crippen molar-refractivity contribution in [2.75, 3.05) is 11.9 Å². The van der Waals surface area contributed by atoms with Crippen LogP contribution in [0, 0.1) is 0 Å². The summed E-state index contributed by atoms with van der Waals surface area (Å²) in [5.41, 5.74) is 3.49. The Morgan fingerprint density at radius 3 is 2.41 bits per heavy atom. The quantitative estimate of drug-likeness (QED) is 0.315. The van der Waals surface area contributed by atoms with Crippen LogP contribution in [0.5, 0.6) is 0 Å². The second kappa shape index (κ2) is 7.53. The SMILES string of the molecule is CN(c1cccc(-c2ccc(C(C)(F)F)cc2)c1)c1nc2nnc(Cl)n2c2ccccc12. The number of benzene rings is 3. The first-order chi connectivity index (χ1) is 15.3. The van der Waals surface area contributed by atoms with Crippen molar-refractivity contribution in [1.82, 2.24) is 19.6 Å². The van der Waals surface area contributed by atoms with Crippen molar-refractivity contribution >= 4 is 39.8 Å². The number of anilines is 2. The molecule has 0 unspecified atom stereocenters. The normalized spacial score (nSPS) is 11.9. The van der Waals surface area contributed by atoms with Crippen molar-refractivity contribution in [2.45, 2.75) is 12.8 Å². The van der Waals surface area contributed by atoms with Gasteiger partial charge in [0.25, 0.3) is 11.7 Å². The van der Waals surface area contributed by atoms with Gasteiger partial charge in [-0.2, -0.15) is 4.98 Å². The van der Waals surface area contributed by atoms with Crippen LogP contribution in [0.15, 0.2) is 72.8 Å².